The largest absolute Gasteiger partial charge is 0.197 e. The summed E-state index contributed by atoms with van der Waals surface area (Å²) in [5.41, 5.74) is 0. The first-order chi connectivity index (χ1) is 12.7. The van der Waals surface area contributed by atoms with Gasteiger partial charge in [-0.05, 0) is 0 Å². The molecule has 0 aliphatic rings. The third-order valence-electron chi connectivity index (χ3n) is 5.30. The van der Waals surface area contributed by atoms with Crippen molar-refractivity contribution < 1.29 is 0 Å². The molecule has 0 bridgehead atoms. The molecule has 27 heavy (non-hydrogen) atoms. The average molecular weight is 614 g/mol. The number of unbranched alkanes of at least 4 members (excludes halogenated alkanes) is 6. The third kappa shape index (κ3) is 27.9. The monoisotopic (exact) mass is 616 g/mol. The first-order valence-corrected chi connectivity index (χ1v) is 24.5. The maximum absolute atomic E-state index is 2.33. The summed E-state index contributed by atoms with van der Waals surface area (Å²) in [6.45, 7) is 14.0. The van der Waals surface area contributed by atoms with Gasteiger partial charge in [0.25, 0.3) is 0 Å². The van der Waals surface area contributed by atoms with Gasteiger partial charge in [0.15, 0.2) is 0 Å². The Morgan fingerprint density at radius 2 is 0.481 bits per heavy atom. The van der Waals surface area contributed by atoms with Gasteiger partial charge in [-0.3, -0.25) is 0 Å². The number of rotatable bonds is 18. The molecule has 0 aliphatic heterocycles. The zero-order valence-electron chi connectivity index (χ0n) is 20.2. The summed E-state index contributed by atoms with van der Waals surface area (Å²) in [6.07, 6.45) is 17.7. The molecule has 0 saturated carbocycles. The molecule has 0 amide bonds. The fourth-order valence-electron chi connectivity index (χ4n) is 3.31. The molecule has 3 heteroatoms. The Balaban J connectivity index is -0.000000411. The second kappa shape index (κ2) is 30.1. The second-order valence-corrected chi connectivity index (χ2v) is 25.2. The quantitative estimate of drug-likeness (QED) is 0.135. The molecule has 0 rings (SSSR count). The van der Waals surface area contributed by atoms with Crippen LogP contribution in [0.5, 0.6) is 0 Å². The fourth-order valence-corrected chi connectivity index (χ4v) is 22.2. The van der Waals surface area contributed by atoms with E-state index in [1.807, 2.05) is 0 Å². The van der Waals surface area contributed by atoms with E-state index in [0.29, 0.717) is 0 Å². The zero-order chi connectivity index (χ0) is 19.9. The van der Waals surface area contributed by atoms with E-state index in [4.69, 9.17) is 0 Å². The summed E-state index contributed by atoms with van der Waals surface area (Å²) in [4.78, 5) is 0. The molecule has 0 saturated heterocycles. The van der Waals surface area contributed by atoms with Crippen LogP contribution in [0.4, 0.5) is 0 Å². The molecule has 0 spiro atoms. The molecular formula is C24H56SSn2. The van der Waals surface area contributed by atoms with Crippen molar-refractivity contribution in [2.45, 2.75) is 145 Å². The summed E-state index contributed by atoms with van der Waals surface area (Å²) >= 11 is -1.68. The van der Waals surface area contributed by atoms with Crippen molar-refractivity contribution in [2.75, 3.05) is 0 Å². The number of hydrogen-bond acceptors (Lipinski definition) is 0. The molecule has 0 unspecified atom stereocenters. The van der Waals surface area contributed by atoms with Crippen LogP contribution in [0.1, 0.15) is 119 Å². The SMILES string of the molecule is CCC[CH2][Sn]([CH2]CCC)[CH2]CCC.CCC[CH2][Sn]([CH2]CCC)[CH2]CCC.S. The summed E-state index contributed by atoms with van der Waals surface area (Å²) < 4.78 is 10.1. The molecule has 0 atom stereocenters. The van der Waals surface area contributed by atoms with Gasteiger partial charge in [0.1, 0.15) is 0 Å². The maximum Gasteiger partial charge on any atom is -0.197 e. The van der Waals surface area contributed by atoms with Crippen LogP contribution in [0.2, 0.25) is 26.6 Å². The Morgan fingerprint density at radius 1 is 0.333 bits per heavy atom. The van der Waals surface area contributed by atoms with Gasteiger partial charge in [-0.25, -0.2) is 0 Å². The van der Waals surface area contributed by atoms with E-state index in [2.05, 4.69) is 41.5 Å². The molecule has 0 aromatic carbocycles. The van der Waals surface area contributed by atoms with Crippen LogP contribution in [0, 0.1) is 0 Å². The van der Waals surface area contributed by atoms with E-state index in [0.717, 1.165) is 0 Å². The Hall–Kier alpha value is 1.95. The second-order valence-electron chi connectivity index (χ2n) is 8.12. The third-order valence-corrected chi connectivity index (χ3v) is 23.5. The minimum atomic E-state index is -0.839. The Morgan fingerprint density at radius 3 is 0.593 bits per heavy atom. The molecule has 0 nitrogen and oxygen atoms in total. The smallest absolute Gasteiger partial charge is 0.197 e. The molecule has 2 radical (unpaired) electrons. The van der Waals surface area contributed by atoms with Crippen molar-refractivity contribution in [3.05, 3.63) is 0 Å². The van der Waals surface area contributed by atoms with Crippen LogP contribution in [0.15, 0.2) is 0 Å². The van der Waals surface area contributed by atoms with Crippen LogP contribution >= 0.6 is 13.5 Å². The van der Waals surface area contributed by atoms with Crippen molar-refractivity contribution >= 4 is 53.0 Å². The topological polar surface area (TPSA) is 0 Å². The van der Waals surface area contributed by atoms with E-state index >= 15 is 0 Å². The summed E-state index contributed by atoms with van der Waals surface area (Å²) in [5, 5.41) is 0. The Bertz CT molecular complexity index is 174. The molecule has 0 N–H and O–H groups in total. The van der Waals surface area contributed by atoms with Crippen molar-refractivity contribution in [1.29, 1.82) is 0 Å². The van der Waals surface area contributed by atoms with Gasteiger partial charge < -0.3 is 0 Å². The molecule has 0 fully saturated rings. The van der Waals surface area contributed by atoms with Crippen LogP contribution < -0.4 is 0 Å². The first kappa shape index (κ1) is 33.6. The van der Waals surface area contributed by atoms with Crippen molar-refractivity contribution in [3.63, 3.8) is 0 Å². The summed E-state index contributed by atoms with van der Waals surface area (Å²) in [6, 6.07) is 0. The van der Waals surface area contributed by atoms with Gasteiger partial charge in [-0.1, -0.05) is 0 Å². The zero-order valence-corrected chi connectivity index (χ0v) is 26.9. The van der Waals surface area contributed by atoms with Gasteiger partial charge in [0.05, 0.1) is 0 Å². The average Bonchev–Trinajstić information content (AvgIpc) is 2.67. The van der Waals surface area contributed by atoms with E-state index in [1.165, 1.54) is 77.0 Å². The van der Waals surface area contributed by atoms with E-state index in [1.54, 1.807) is 26.6 Å². The van der Waals surface area contributed by atoms with Gasteiger partial charge in [-0.2, -0.15) is 13.5 Å². The van der Waals surface area contributed by atoms with E-state index < -0.39 is 39.5 Å². The maximum atomic E-state index is 2.33. The molecule has 166 valence electrons. The standard InChI is InChI=1S/6C4H9.H2S.2Sn/c6*1-3-4-2;;;/h6*1,3-4H2,2H3;1H2;;. The molecule has 0 aromatic heterocycles. The summed E-state index contributed by atoms with van der Waals surface area (Å²) in [7, 11) is 0. The number of hydrogen-bond donors (Lipinski definition) is 0. The van der Waals surface area contributed by atoms with Crippen molar-refractivity contribution in [3.8, 4) is 0 Å². The van der Waals surface area contributed by atoms with Crippen molar-refractivity contribution in [1.82, 2.24) is 0 Å². The first-order valence-electron chi connectivity index (χ1n) is 12.4. The van der Waals surface area contributed by atoms with E-state index in [9.17, 15) is 0 Å². The molecular weight excluding hydrogens is 558 g/mol. The minimum absolute atomic E-state index is 0. The van der Waals surface area contributed by atoms with Gasteiger partial charge >= 0.3 is 185 Å². The Kier molecular flexibility index (Phi) is 37.5. The van der Waals surface area contributed by atoms with Crippen LogP contribution in [0.3, 0.4) is 0 Å². The van der Waals surface area contributed by atoms with Gasteiger partial charge in [0, 0.05) is 0 Å². The van der Waals surface area contributed by atoms with Gasteiger partial charge in [-0.15, -0.1) is 0 Å². The van der Waals surface area contributed by atoms with Gasteiger partial charge in [0.2, 0.25) is 0 Å². The minimum Gasteiger partial charge on any atom is -0.197 e. The van der Waals surface area contributed by atoms with Crippen LogP contribution in [-0.2, 0) is 0 Å². The van der Waals surface area contributed by atoms with Crippen LogP contribution in [0.25, 0.3) is 0 Å². The molecule has 0 aliphatic carbocycles. The predicted molar refractivity (Wildman–Crippen MR) is 140 cm³/mol. The molecule has 0 heterocycles. The fraction of sp³-hybridized carbons (Fsp3) is 1.00. The Labute approximate surface area is 196 Å². The van der Waals surface area contributed by atoms with E-state index in [-0.39, 0.29) is 13.5 Å². The van der Waals surface area contributed by atoms with Crippen molar-refractivity contribution in [2.24, 2.45) is 0 Å². The summed E-state index contributed by atoms with van der Waals surface area (Å²) in [5.74, 6) is 0. The molecule has 0 aromatic rings. The predicted octanol–water partition coefficient (Wildman–Crippen LogP) is 9.88. The van der Waals surface area contributed by atoms with Crippen LogP contribution in [-0.4, -0.2) is 39.5 Å². The normalized spacial score (nSPS) is 10.7.